The second kappa shape index (κ2) is 7.71. The number of hydrogen-bond acceptors (Lipinski definition) is 3. The maximum absolute atomic E-state index is 12.3. The Bertz CT molecular complexity index is 458. The first-order valence-electron chi connectivity index (χ1n) is 7.92. The summed E-state index contributed by atoms with van der Waals surface area (Å²) in [6, 6.07) is 6.09. The molecular weight excluding hydrogens is 262 g/mol. The van der Waals surface area contributed by atoms with E-state index in [9.17, 15) is 4.79 Å². The molecule has 1 aliphatic heterocycles. The van der Waals surface area contributed by atoms with Gasteiger partial charge in [-0.25, -0.2) is 0 Å². The molecule has 1 fully saturated rings. The molecule has 0 atom stereocenters. The van der Waals surface area contributed by atoms with E-state index >= 15 is 0 Å². The molecule has 1 aliphatic rings. The highest BCUT2D eigenvalue weighted by Crippen LogP contribution is 2.16. The van der Waals surface area contributed by atoms with Crippen molar-refractivity contribution in [2.45, 2.75) is 33.1 Å². The van der Waals surface area contributed by atoms with Gasteiger partial charge in [-0.05, 0) is 51.8 Å². The number of ketones is 1. The maximum atomic E-state index is 12.3. The van der Waals surface area contributed by atoms with Gasteiger partial charge in [0, 0.05) is 38.3 Å². The zero-order chi connectivity index (χ0) is 15.2. The van der Waals surface area contributed by atoms with Crippen LogP contribution >= 0.6 is 0 Å². The van der Waals surface area contributed by atoms with Crippen molar-refractivity contribution in [1.82, 2.24) is 4.90 Å². The molecule has 0 unspecified atom stereocenters. The van der Waals surface area contributed by atoms with Crippen LogP contribution in [0.5, 0.6) is 0 Å². The number of nitrogens with zero attached hydrogens (tertiary/aromatic N) is 1. The quantitative estimate of drug-likeness (QED) is 0.753. The molecule has 0 bridgehead atoms. The first-order valence-corrected chi connectivity index (χ1v) is 7.92. The molecule has 0 radical (unpaired) electrons. The lowest BCUT2D eigenvalue weighted by Gasteiger charge is -2.26. The Morgan fingerprint density at radius 1 is 1.19 bits per heavy atom. The van der Waals surface area contributed by atoms with Crippen LogP contribution in [0.3, 0.4) is 0 Å². The van der Waals surface area contributed by atoms with E-state index in [1.807, 2.05) is 26.0 Å². The summed E-state index contributed by atoms with van der Waals surface area (Å²) >= 11 is 0. The van der Waals surface area contributed by atoms with Crippen molar-refractivity contribution in [3.63, 3.8) is 0 Å². The summed E-state index contributed by atoms with van der Waals surface area (Å²) in [5.74, 6) is 0.973. The van der Waals surface area contributed by atoms with Gasteiger partial charge in [-0.1, -0.05) is 17.2 Å². The van der Waals surface area contributed by atoms with E-state index in [1.165, 1.54) is 0 Å². The molecule has 0 amide bonds. The van der Waals surface area contributed by atoms with Gasteiger partial charge < -0.3 is 9.64 Å². The van der Waals surface area contributed by atoms with Crippen molar-refractivity contribution in [3.8, 4) is 0 Å². The minimum atomic E-state index is 0.251. The van der Waals surface area contributed by atoms with Gasteiger partial charge in [0.1, 0.15) is 0 Å². The van der Waals surface area contributed by atoms with Gasteiger partial charge in [-0.3, -0.25) is 4.79 Å². The third-order valence-corrected chi connectivity index (χ3v) is 4.17. The van der Waals surface area contributed by atoms with Crippen LogP contribution in [0.4, 0.5) is 0 Å². The van der Waals surface area contributed by atoms with Gasteiger partial charge in [0.15, 0.2) is 5.78 Å². The van der Waals surface area contributed by atoms with Crippen LogP contribution in [-0.2, 0) is 4.74 Å². The van der Waals surface area contributed by atoms with Crippen molar-refractivity contribution < 1.29 is 9.53 Å². The summed E-state index contributed by atoms with van der Waals surface area (Å²) in [7, 11) is 2.12. The van der Waals surface area contributed by atoms with E-state index < -0.39 is 0 Å². The van der Waals surface area contributed by atoms with E-state index in [4.69, 9.17) is 4.74 Å². The molecule has 0 aliphatic carbocycles. The summed E-state index contributed by atoms with van der Waals surface area (Å²) in [4.78, 5) is 14.6. The number of hydrogen-bond donors (Lipinski definition) is 0. The van der Waals surface area contributed by atoms with Crippen molar-refractivity contribution in [2.24, 2.45) is 5.92 Å². The zero-order valence-corrected chi connectivity index (χ0v) is 13.5. The Balaban J connectivity index is 1.79. The molecule has 1 saturated heterocycles. The molecule has 1 aromatic carbocycles. The summed E-state index contributed by atoms with van der Waals surface area (Å²) in [5.41, 5.74) is 3.18. The molecule has 1 aromatic rings. The van der Waals surface area contributed by atoms with Crippen molar-refractivity contribution >= 4 is 5.78 Å². The largest absolute Gasteiger partial charge is 0.381 e. The third-order valence-electron chi connectivity index (χ3n) is 4.17. The fourth-order valence-corrected chi connectivity index (χ4v) is 3.03. The van der Waals surface area contributed by atoms with Gasteiger partial charge in [0.05, 0.1) is 0 Å². The molecule has 3 nitrogen and oxygen atoms in total. The minimum Gasteiger partial charge on any atom is -0.381 e. The lowest BCUT2D eigenvalue weighted by Crippen LogP contribution is -2.31. The molecule has 0 spiro atoms. The van der Waals surface area contributed by atoms with Crippen LogP contribution in [0, 0.1) is 19.8 Å². The molecule has 116 valence electrons. The smallest absolute Gasteiger partial charge is 0.164 e. The van der Waals surface area contributed by atoms with Crippen LogP contribution in [-0.4, -0.2) is 44.0 Å². The van der Waals surface area contributed by atoms with Crippen molar-refractivity contribution in [2.75, 3.05) is 33.4 Å². The lowest BCUT2D eigenvalue weighted by atomic mass is 9.99. The van der Waals surface area contributed by atoms with E-state index in [1.54, 1.807) is 0 Å². The van der Waals surface area contributed by atoms with Crippen LogP contribution in [0.1, 0.15) is 40.7 Å². The fourth-order valence-electron chi connectivity index (χ4n) is 3.03. The van der Waals surface area contributed by atoms with Gasteiger partial charge in [-0.15, -0.1) is 0 Å². The third kappa shape index (κ3) is 5.25. The number of benzene rings is 1. The van der Waals surface area contributed by atoms with Crippen LogP contribution in [0.25, 0.3) is 0 Å². The van der Waals surface area contributed by atoms with Gasteiger partial charge in [0.2, 0.25) is 0 Å². The van der Waals surface area contributed by atoms with Gasteiger partial charge in [0.25, 0.3) is 0 Å². The number of Topliss-reactive ketones (excluding diaryl/α,β-unsaturated/α-hetero) is 1. The standard InChI is InChI=1S/C18H27NO2/c1-14-10-15(2)12-17(11-14)18(20)4-7-19(3)13-16-5-8-21-9-6-16/h10-12,16H,4-9,13H2,1-3H3. The Morgan fingerprint density at radius 2 is 1.81 bits per heavy atom. The Labute approximate surface area is 128 Å². The van der Waals surface area contributed by atoms with E-state index in [0.717, 1.165) is 61.8 Å². The highest BCUT2D eigenvalue weighted by molar-refractivity contribution is 5.96. The molecule has 0 N–H and O–H groups in total. The predicted molar refractivity (Wildman–Crippen MR) is 85.9 cm³/mol. The monoisotopic (exact) mass is 289 g/mol. The minimum absolute atomic E-state index is 0.251. The number of rotatable bonds is 6. The van der Waals surface area contributed by atoms with Crippen LogP contribution in [0.15, 0.2) is 18.2 Å². The molecule has 0 aromatic heterocycles. The Kier molecular flexibility index (Phi) is 5.95. The normalized spacial score (nSPS) is 16.4. The van der Waals surface area contributed by atoms with E-state index in [2.05, 4.69) is 18.0 Å². The van der Waals surface area contributed by atoms with Crippen LogP contribution < -0.4 is 0 Å². The number of ether oxygens (including phenoxy) is 1. The summed E-state index contributed by atoms with van der Waals surface area (Å²) in [6.07, 6.45) is 2.90. The molecular formula is C18H27NO2. The first kappa shape index (κ1) is 16.2. The number of aryl methyl sites for hydroxylation is 2. The Morgan fingerprint density at radius 3 is 2.43 bits per heavy atom. The molecule has 0 saturated carbocycles. The number of carbonyl (C=O) groups excluding carboxylic acids is 1. The first-order chi connectivity index (χ1) is 10.0. The second-order valence-corrected chi connectivity index (χ2v) is 6.37. The average Bonchev–Trinajstić information content (AvgIpc) is 2.45. The van der Waals surface area contributed by atoms with E-state index in [-0.39, 0.29) is 5.78 Å². The highest BCUT2D eigenvalue weighted by atomic mass is 16.5. The average molecular weight is 289 g/mol. The van der Waals surface area contributed by atoms with E-state index in [0.29, 0.717) is 6.42 Å². The molecule has 3 heteroatoms. The maximum Gasteiger partial charge on any atom is 0.164 e. The van der Waals surface area contributed by atoms with Gasteiger partial charge in [-0.2, -0.15) is 0 Å². The molecule has 2 rings (SSSR count). The second-order valence-electron chi connectivity index (χ2n) is 6.37. The van der Waals surface area contributed by atoms with Crippen molar-refractivity contribution in [1.29, 1.82) is 0 Å². The summed E-state index contributed by atoms with van der Waals surface area (Å²) in [5, 5.41) is 0. The predicted octanol–water partition coefficient (Wildman–Crippen LogP) is 3.23. The zero-order valence-electron chi connectivity index (χ0n) is 13.5. The van der Waals surface area contributed by atoms with Crippen LogP contribution in [0.2, 0.25) is 0 Å². The summed E-state index contributed by atoms with van der Waals surface area (Å²) in [6.45, 7) is 7.77. The van der Waals surface area contributed by atoms with Gasteiger partial charge >= 0.3 is 0 Å². The molecule has 1 heterocycles. The topological polar surface area (TPSA) is 29.5 Å². The summed E-state index contributed by atoms with van der Waals surface area (Å²) < 4.78 is 5.39. The lowest BCUT2D eigenvalue weighted by molar-refractivity contribution is 0.0553. The van der Waals surface area contributed by atoms with Crippen molar-refractivity contribution in [3.05, 3.63) is 34.9 Å². The SMILES string of the molecule is Cc1cc(C)cc(C(=O)CCN(C)CC2CCOCC2)c1. The molecule has 21 heavy (non-hydrogen) atoms. The highest BCUT2D eigenvalue weighted by Gasteiger charge is 2.16. The Hall–Kier alpha value is -1.19. The fraction of sp³-hybridized carbons (Fsp3) is 0.611. The number of carbonyl (C=O) groups is 1.